The zero-order valence-corrected chi connectivity index (χ0v) is 13.2. The van der Waals surface area contributed by atoms with Crippen molar-refractivity contribution in [1.29, 1.82) is 0 Å². The summed E-state index contributed by atoms with van der Waals surface area (Å²) in [5.74, 6) is 0.287. The number of ether oxygens (including phenoxy) is 1. The second-order valence-corrected chi connectivity index (χ2v) is 6.84. The highest BCUT2D eigenvalue weighted by molar-refractivity contribution is 9.10. The third-order valence-electron chi connectivity index (χ3n) is 3.65. The van der Waals surface area contributed by atoms with Gasteiger partial charge in [0.1, 0.15) is 11.4 Å². The Kier molecular flexibility index (Phi) is 3.94. The molecule has 0 unspecified atom stereocenters. The molecule has 2 aliphatic heterocycles. The maximum Gasteiger partial charge on any atom is 0.410 e. The number of fused-ring (bicyclic) bond motifs is 1. The topological polar surface area (TPSA) is 70.9 Å². The number of amides is 1. The van der Waals surface area contributed by atoms with E-state index in [1.165, 1.54) is 17.8 Å². The molecule has 0 radical (unpaired) electrons. The first-order valence-corrected chi connectivity index (χ1v) is 8.05. The first kappa shape index (κ1) is 14.8. The van der Waals surface area contributed by atoms with Crippen LogP contribution in [0.1, 0.15) is 5.56 Å². The van der Waals surface area contributed by atoms with Crippen LogP contribution in [0, 0.1) is 11.7 Å². The van der Waals surface area contributed by atoms with E-state index >= 15 is 0 Å². The summed E-state index contributed by atoms with van der Waals surface area (Å²) >= 11 is 4.66. The third-order valence-corrected chi connectivity index (χ3v) is 5.18. The number of nitrogens with one attached hydrogen (secondary N) is 1. The van der Waals surface area contributed by atoms with E-state index in [4.69, 9.17) is 9.84 Å². The van der Waals surface area contributed by atoms with Crippen LogP contribution in [-0.2, 0) is 10.3 Å². The average molecular weight is 375 g/mol. The van der Waals surface area contributed by atoms with Gasteiger partial charge in [0.2, 0.25) is 0 Å². The number of halogens is 2. The van der Waals surface area contributed by atoms with Crippen LogP contribution >= 0.6 is 27.7 Å². The molecule has 1 amide bonds. The van der Waals surface area contributed by atoms with Crippen molar-refractivity contribution >= 4 is 39.0 Å². The van der Waals surface area contributed by atoms with Crippen molar-refractivity contribution < 1.29 is 19.0 Å². The van der Waals surface area contributed by atoms with Gasteiger partial charge in [-0.05, 0) is 18.2 Å². The first-order chi connectivity index (χ1) is 10.0. The Hall–Kier alpha value is -1.12. The van der Waals surface area contributed by atoms with Crippen LogP contribution in [-0.4, -0.2) is 35.3 Å². The Bertz CT molecular complexity index is 627. The van der Waals surface area contributed by atoms with Crippen molar-refractivity contribution in [2.45, 2.75) is 5.54 Å². The van der Waals surface area contributed by atoms with Gasteiger partial charge in [0.15, 0.2) is 5.17 Å². The molecule has 0 aromatic heterocycles. The van der Waals surface area contributed by atoms with Crippen LogP contribution in [0.5, 0.6) is 0 Å². The van der Waals surface area contributed by atoms with Crippen LogP contribution < -0.4 is 5.32 Å². The predicted molar refractivity (Wildman–Crippen MR) is 81.1 cm³/mol. The summed E-state index contributed by atoms with van der Waals surface area (Å²) in [6.45, 7) is 0.735. The number of nitrogens with zero attached hydrogens (tertiary/aromatic N) is 1. The van der Waals surface area contributed by atoms with Crippen LogP contribution in [0.2, 0.25) is 0 Å². The summed E-state index contributed by atoms with van der Waals surface area (Å²) in [7, 11) is 0. The lowest BCUT2D eigenvalue weighted by Gasteiger charge is -2.34. The predicted octanol–water partition coefficient (Wildman–Crippen LogP) is 2.80. The fourth-order valence-electron chi connectivity index (χ4n) is 2.66. The molecular weight excluding hydrogens is 363 g/mol. The number of carbonyl (C=O) groups is 1. The molecule has 112 valence electrons. The molecule has 0 saturated carbocycles. The van der Waals surface area contributed by atoms with Gasteiger partial charge in [0.05, 0.1) is 13.2 Å². The highest BCUT2D eigenvalue weighted by atomic mass is 79.9. The molecule has 1 aromatic rings. The molecule has 2 atom stereocenters. The summed E-state index contributed by atoms with van der Waals surface area (Å²) in [4.78, 5) is 15.3. The molecule has 2 aliphatic rings. The zero-order chi connectivity index (χ0) is 15.0. The Morgan fingerprint density at radius 3 is 3.19 bits per heavy atom. The number of rotatable bonds is 1. The molecule has 2 heterocycles. The Morgan fingerprint density at radius 1 is 1.62 bits per heavy atom. The van der Waals surface area contributed by atoms with Gasteiger partial charge < -0.3 is 9.84 Å². The number of carboxylic acid groups (broad SMARTS) is 1. The lowest BCUT2D eigenvalue weighted by molar-refractivity contribution is 0.176. The fraction of sp³-hybridized carbons (Fsp3) is 0.385. The molecule has 1 fully saturated rings. The number of amidine groups is 1. The number of thioether (sulfide) groups is 1. The molecule has 0 bridgehead atoms. The maximum absolute atomic E-state index is 14.3. The van der Waals surface area contributed by atoms with Crippen molar-refractivity contribution in [3.05, 3.63) is 34.1 Å². The highest BCUT2D eigenvalue weighted by Crippen LogP contribution is 2.45. The minimum atomic E-state index is -1.18. The van der Waals surface area contributed by atoms with Gasteiger partial charge in [-0.25, -0.2) is 14.2 Å². The van der Waals surface area contributed by atoms with Gasteiger partial charge >= 0.3 is 6.09 Å². The largest absolute Gasteiger partial charge is 0.465 e. The second kappa shape index (κ2) is 5.58. The number of hydrogen-bond donors (Lipinski definition) is 2. The van der Waals surface area contributed by atoms with Crippen LogP contribution in [0.3, 0.4) is 0 Å². The molecule has 3 rings (SSSR count). The van der Waals surface area contributed by atoms with E-state index in [9.17, 15) is 9.18 Å². The van der Waals surface area contributed by atoms with E-state index in [1.54, 1.807) is 12.1 Å². The summed E-state index contributed by atoms with van der Waals surface area (Å²) < 4.78 is 20.6. The SMILES string of the molecule is O=C(O)NC1=N[C@]2(c3cc(Br)ccc3F)COC[C@@H]2CS1. The summed E-state index contributed by atoms with van der Waals surface area (Å²) in [5.41, 5.74) is -0.430. The smallest absolute Gasteiger partial charge is 0.410 e. The van der Waals surface area contributed by atoms with E-state index in [2.05, 4.69) is 26.2 Å². The highest BCUT2D eigenvalue weighted by Gasteiger charge is 2.49. The second-order valence-electron chi connectivity index (χ2n) is 4.92. The van der Waals surface area contributed by atoms with E-state index in [-0.39, 0.29) is 23.5 Å². The number of hydrogen-bond acceptors (Lipinski definition) is 4. The molecule has 21 heavy (non-hydrogen) atoms. The lowest BCUT2D eigenvalue weighted by Crippen LogP contribution is -2.42. The molecule has 8 heteroatoms. The molecule has 0 spiro atoms. The number of aliphatic imine (C=N–C) groups is 1. The van der Waals surface area contributed by atoms with Crippen molar-refractivity contribution in [2.24, 2.45) is 10.9 Å². The fourth-order valence-corrected chi connectivity index (χ4v) is 4.14. The Morgan fingerprint density at radius 2 is 2.43 bits per heavy atom. The quantitative estimate of drug-likeness (QED) is 0.792. The van der Waals surface area contributed by atoms with Crippen LogP contribution in [0.25, 0.3) is 0 Å². The van der Waals surface area contributed by atoms with Gasteiger partial charge in [-0.3, -0.25) is 5.32 Å². The zero-order valence-electron chi connectivity index (χ0n) is 10.8. The normalized spacial score (nSPS) is 27.9. The molecule has 5 nitrogen and oxygen atoms in total. The van der Waals surface area contributed by atoms with E-state index < -0.39 is 11.6 Å². The van der Waals surface area contributed by atoms with E-state index in [1.807, 2.05) is 0 Å². The Labute approximate surface area is 133 Å². The Balaban J connectivity index is 2.09. The van der Waals surface area contributed by atoms with E-state index in [0.717, 1.165) is 4.47 Å². The number of benzene rings is 1. The minimum absolute atomic E-state index is 0.0191. The van der Waals surface area contributed by atoms with Crippen LogP contribution in [0.4, 0.5) is 9.18 Å². The van der Waals surface area contributed by atoms with Gasteiger partial charge in [0.25, 0.3) is 0 Å². The van der Waals surface area contributed by atoms with Gasteiger partial charge in [-0.15, -0.1) is 0 Å². The molecule has 2 N–H and O–H groups in total. The standard InChI is InChI=1S/C13H12BrFN2O3S/c14-8-1-2-10(15)9(3-8)13-6-20-4-7(13)5-21-11(17-13)16-12(18)19/h1-3,7H,4-6H2,(H,16,17)(H,18,19)/t7-,13-/m1/s1. The van der Waals surface area contributed by atoms with Crippen molar-refractivity contribution in [3.8, 4) is 0 Å². The summed E-state index contributed by atoms with van der Waals surface area (Å²) in [5, 5.41) is 11.4. The molecule has 1 aromatic carbocycles. The van der Waals surface area contributed by atoms with Crippen molar-refractivity contribution in [1.82, 2.24) is 5.32 Å². The summed E-state index contributed by atoms with van der Waals surface area (Å²) in [6.07, 6.45) is -1.18. The van der Waals surface area contributed by atoms with Gasteiger partial charge in [-0.1, -0.05) is 27.7 Å². The molecular formula is C13H12BrFN2O3S. The monoisotopic (exact) mass is 374 g/mol. The molecule has 0 aliphatic carbocycles. The van der Waals surface area contributed by atoms with Gasteiger partial charge in [0, 0.05) is 21.7 Å². The van der Waals surface area contributed by atoms with Crippen LogP contribution in [0.15, 0.2) is 27.7 Å². The first-order valence-electron chi connectivity index (χ1n) is 6.27. The average Bonchev–Trinajstić information content (AvgIpc) is 2.84. The third kappa shape index (κ3) is 2.67. The van der Waals surface area contributed by atoms with Crippen molar-refractivity contribution in [3.63, 3.8) is 0 Å². The van der Waals surface area contributed by atoms with Gasteiger partial charge in [-0.2, -0.15) is 0 Å². The lowest BCUT2D eigenvalue weighted by atomic mass is 9.81. The maximum atomic E-state index is 14.3. The molecule has 1 saturated heterocycles. The summed E-state index contributed by atoms with van der Waals surface area (Å²) in [6, 6.07) is 4.69. The van der Waals surface area contributed by atoms with Crippen molar-refractivity contribution in [2.75, 3.05) is 19.0 Å². The van der Waals surface area contributed by atoms with E-state index in [0.29, 0.717) is 17.9 Å². The minimum Gasteiger partial charge on any atom is -0.465 e.